The van der Waals surface area contributed by atoms with Gasteiger partial charge >= 0.3 is 6.18 Å². The summed E-state index contributed by atoms with van der Waals surface area (Å²) in [6.07, 6.45) is -2.53. The van der Waals surface area contributed by atoms with Crippen molar-refractivity contribution in [2.45, 2.75) is 31.6 Å². The van der Waals surface area contributed by atoms with E-state index in [9.17, 15) is 18.3 Å². The molecule has 1 heterocycles. The summed E-state index contributed by atoms with van der Waals surface area (Å²) >= 11 is 0. The van der Waals surface area contributed by atoms with E-state index in [1.165, 1.54) is 12.1 Å². The van der Waals surface area contributed by atoms with Crippen LogP contribution >= 0.6 is 0 Å². The third kappa shape index (κ3) is 2.84. The Labute approximate surface area is 104 Å². The van der Waals surface area contributed by atoms with Crippen LogP contribution in [0.2, 0.25) is 0 Å². The number of benzene rings is 1. The van der Waals surface area contributed by atoms with Gasteiger partial charge in [-0.3, -0.25) is 4.90 Å². The fraction of sp³-hybridized carbons (Fsp3) is 0.538. The van der Waals surface area contributed by atoms with Crippen LogP contribution in [0.3, 0.4) is 0 Å². The van der Waals surface area contributed by atoms with E-state index in [4.69, 9.17) is 0 Å². The predicted molar refractivity (Wildman–Crippen MR) is 62.0 cm³/mol. The van der Waals surface area contributed by atoms with Gasteiger partial charge in [0.2, 0.25) is 0 Å². The summed E-state index contributed by atoms with van der Waals surface area (Å²) in [7, 11) is 0. The molecule has 1 aliphatic heterocycles. The Morgan fingerprint density at radius 1 is 1.28 bits per heavy atom. The second kappa shape index (κ2) is 5.28. The van der Waals surface area contributed by atoms with E-state index in [-0.39, 0.29) is 24.8 Å². The molecule has 100 valence electrons. The number of likely N-dealkylation sites (tertiary alicyclic amines) is 1. The van der Waals surface area contributed by atoms with Gasteiger partial charge in [-0.2, -0.15) is 13.2 Å². The monoisotopic (exact) mass is 259 g/mol. The normalized spacial score (nSPS) is 21.4. The van der Waals surface area contributed by atoms with E-state index in [0.29, 0.717) is 0 Å². The second-order valence-corrected chi connectivity index (χ2v) is 4.60. The number of hydrogen-bond acceptors (Lipinski definition) is 2. The van der Waals surface area contributed by atoms with Crippen molar-refractivity contribution in [1.29, 1.82) is 0 Å². The molecule has 0 bridgehead atoms. The molecule has 1 aliphatic rings. The van der Waals surface area contributed by atoms with Crippen molar-refractivity contribution < 1.29 is 18.3 Å². The second-order valence-electron chi connectivity index (χ2n) is 4.60. The van der Waals surface area contributed by atoms with E-state index >= 15 is 0 Å². The molecule has 1 fully saturated rings. The van der Waals surface area contributed by atoms with Gasteiger partial charge in [0.1, 0.15) is 0 Å². The fourth-order valence-corrected chi connectivity index (χ4v) is 2.46. The van der Waals surface area contributed by atoms with E-state index < -0.39 is 11.7 Å². The molecule has 0 saturated carbocycles. The summed E-state index contributed by atoms with van der Waals surface area (Å²) in [6, 6.07) is 5.63. The highest BCUT2D eigenvalue weighted by Gasteiger charge is 2.34. The largest absolute Gasteiger partial charge is 0.416 e. The van der Waals surface area contributed by atoms with Gasteiger partial charge in [0.05, 0.1) is 12.2 Å². The molecule has 18 heavy (non-hydrogen) atoms. The van der Waals surface area contributed by atoms with Crippen molar-refractivity contribution in [3.05, 3.63) is 35.4 Å². The molecule has 2 nitrogen and oxygen atoms in total. The average Bonchev–Trinajstić information content (AvgIpc) is 2.75. The minimum Gasteiger partial charge on any atom is -0.395 e. The number of rotatable bonds is 3. The molecule has 0 amide bonds. The van der Waals surface area contributed by atoms with Crippen LogP contribution in [0.4, 0.5) is 13.2 Å². The number of halogens is 3. The average molecular weight is 259 g/mol. The van der Waals surface area contributed by atoms with Crippen LogP contribution in [0.25, 0.3) is 0 Å². The lowest BCUT2D eigenvalue weighted by Gasteiger charge is -2.24. The van der Waals surface area contributed by atoms with Crippen molar-refractivity contribution in [2.75, 3.05) is 13.2 Å². The summed E-state index contributed by atoms with van der Waals surface area (Å²) in [6.45, 7) is 1.01. The first-order valence-electron chi connectivity index (χ1n) is 6.02. The molecule has 0 aliphatic carbocycles. The Morgan fingerprint density at radius 2 is 2.00 bits per heavy atom. The van der Waals surface area contributed by atoms with Gasteiger partial charge in [-0.1, -0.05) is 18.2 Å². The molecule has 5 heteroatoms. The maximum Gasteiger partial charge on any atom is 0.416 e. The smallest absolute Gasteiger partial charge is 0.395 e. The van der Waals surface area contributed by atoms with E-state index in [0.717, 1.165) is 25.5 Å². The summed E-state index contributed by atoms with van der Waals surface area (Å²) in [5, 5.41) is 9.18. The van der Waals surface area contributed by atoms with Crippen LogP contribution in [0, 0.1) is 0 Å². The maximum absolute atomic E-state index is 12.8. The maximum atomic E-state index is 12.8. The molecular weight excluding hydrogens is 243 g/mol. The van der Waals surface area contributed by atoms with Gasteiger partial charge in [0.15, 0.2) is 0 Å². The highest BCUT2D eigenvalue weighted by atomic mass is 19.4. The number of alkyl halides is 3. The molecule has 0 radical (unpaired) electrons. The van der Waals surface area contributed by atoms with Crippen molar-refractivity contribution in [1.82, 2.24) is 4.90 Å². The molecule has 1 aromatic carbocycles. The quantitative estimate of drug-likeness (QED) is 0.902. The predicted octanol–water partition coefficient (Wildman–Crippen LogP) is 2.66. The van der Waals surface area contributed by atoms with Crippen molar-refractivity contribution in [3.8, 4) is 0 Å². The number of aliphatic hydroxyl groups is 1. The minimum atomic E-state index is -4.31. The van der Waals surface area contributed by atoms with Crippen LogP contribution in [-0.4, -0.2) is 29.2 Å². The fourth-order valence-electron chi connectivity index (χ4n) is 2.46. The van der Waals surface area contributed by atoms with Crippen LogP contribution in [0.1, 0.15) is 24.0 Å². The molecular formula is C13H16F3NO. The van der Waals surface area contributed by atoms with Crippen molar-refractivity contribution >= 4 is 0 Å². The number of hydrogen-bond donors (Lipinski definition) is 1. The van der Waals surface area contributed by atoms with E-state index in [2.05, 4.69) is 0 Å². The Hall–Kier alpha value is -1.07. The summed E-state index contributed by atoms with van der Waals surface area (Å²) in [5.41, 5.74) is -0.293. The van der Waals surface area contributed by atoms with Gasteiger partial charge in [-0.15, -0.1) is 0 Å². The van der Waals surface area contributed by atoms with E-state index in [1.807, 2.05) is 4.90 Å². The zero-order valence-electron chi connectivity index (χ0n) is 9.95. The minimum absolute atomic E-state index is 0.00807. The first-order chi connectivity index (χ1) is 8.52. The summed E-state index contributed by atoms with van der Waals surface area (Å²) < 4.78 is 38.5. The number of nitrogens with zero attached hydrogens (tertiary/aromatic N) is 1. The lowest BCUT2D eigenvalue weighted by molar-refractivity contribution is -0.138. The standard InChI is InChI=1S/C13H16F3NO/c14-13(15,16)12-6-2-1-4-10(12)8-17-7-3-5-11(17)9-18/h1-2,4,6,11,18H,3,5,7-9H2/t11-/m0/s1. The van der Waals surface area contributed by atoms with Gasteiger partial charge in [-0.05, 0) is 31.0 Å². The third-order valence-electron chi connectivity index (χ3n) is 3.41. The lowest BCUT2D eigenvalue weighted by Crippen LogP contribution is -2.32. The molecule has 1 saturated heterocycles. The van der Waals surface area contributed by atoms with Gasteiger partial charge in [0.25, 0.3) is 0 Å². The zero-order valence-corrected chi connectivity index (χ0v) is 9.95. The molecule has 1 atom stereocenters. The first kappa shape index (κ1) is 13.4. The molecule has 0 spiro atoms. The van der Waals surface area contributed by atoms with Crippen LogP contribution in [0.5, 0.6) is 0 Å². The van der Waals surface area contributed by atoms with Gasteiger partial charge in [-0.25, -0.2) is 0 Å². The van der Waals surface area contributed by atoms with E-state index in [1.54, 1.807) is 6.07 Å². The summed E-state index contributed by atoms with van der Waals surface area (Å²) in [4.78, 5) is 1.92. The Bertz CT molecular complexity index is 405. The molecule has 0 unspecified atom stereocenters. The third-order valence-corrected chi connectivity index (χ3v) is 3.41. The molecule has 1 aromatic rings. The SMILES string of the molecule is OC[C@@H]1CCCN1Cc1ccccc1C(F)(F)F. The number of aliphatic hydroxyl groups excluding tert-OH is 1. The Balaban J connectivity index is 2.19. The molecule has 1 N–H and O–H groups in total. The molecule has 0 aromatic heterocycles. The first-order valence-corrected chi connectivity index (χ1v) is 6.02. The van der Waals surface area contributed by atoms with Gasteiger partial charge in [0, 0.05) is 12.6 Å². The Morgan fingerprint density at radius 3 is 2.67 bits per heavy atom. The van der Waals surface area contributed by atoms with Crippen LogP contribution < -0.4 is 0 Å². The highest BCUT2D eigenvalue weighted by molar-refractivity contribution is 5.29. The van der Waals surface area contributed by atoms with Crippen LogP contribution in [0.15, 0.2) is 24.3 Å². The topological polar surface area (TPSA) is 23.5 Å². The van der Waals surface area contributed by atoms with Crippen LogP contribution in [-0.2, 0) is 12.7 Å². The van der Waals surface area contributed by atoms with Gasteiger partial charge < -0.3 is 5.11 Å². The van der Waals surface area contributed by atoms with Crippen molar-refractivity contribution in [2.24, 2.45) is 0 Å². The zero-order chi connectivity index (χ0) is 13.2. The molecule has 2 rings (SSSR count). The summed E-state index contributed by atoms with van der Waals surface area (Å²) in [5.74, 6) is 0. The highest BCUT2D eigenvalue weighted by Crippen LogP contribution is 2.33. The lowest BCUT2D eigenvalue weighted by atomic mass is 10.1. The van der Waals surface area contributed by atoms with Crippen molar-refractivity contribution in [3.63, 3.8) is 0 Å². The Kier molecular flexibility index (Phi) is 3.92.